The molecule has 0 spiro atoms. The van der Waals surface area contributed by atoms with E-state index in [9.17, 15) is 9.90 Å². The molecule has 2 amide bonds. The summed E-state index contributed by atoms with van der Waals surface area (Å²) in [6.45, 7) is 5.10. The number of likely N-dealkylation sites (N-methyl/N-ethyl adjacent to an activating group) is 1. The van der Waals surface area contributed by atoms with Crippen molar-refractivity contribution in [1.29, 1.82) is 0 Å². The predicted molar refractivity (Wildman–Crippen MR) is 113 cm³/mol. The number of nitrogens with zero attached hydrogens (tertiary/aromatic N) is 3. The number of ether oxygens (including phenoxy) is 2. The molecule has 1 saturated carbocycles. The zero-order chi connectivity index (χ0) is 21.5. The first-order valence-corrected chi connectivity index (χ1v) is 10.3. The minimum absolute atomic E-state index is 0.146. The number of rotatable bonds is 11. The number of benzene rings is 1. The Morgan fingerprint density at radius 1 is 1.30 bits per heavy atom. The van der Waals surface area contributed by atoms with E-state index in [2.05, 4.69) is 20.5 Å². The zero-order valence-corrected chi connectivity index (χ0v) is 17.8. The van der Waals surface area contributed by atoms with Crippen LogP contribution in [-0.2, 0) is 9.47 Å². The lowest BCUT2D eigenvalue weighted by Gasteiger charge is -2.21. The molecule has 0 radical (unpaired) electrons. The third-order valence-electron chi connectivity index (χ3n) is 4.68. The third-order valence-corrected chi connectivity index (χ3v) is 4.68. The van der Waals surface area contributed by atoms with Crippen molar-refractivity contribution in [1.82, 2.24) is 20.1 Å². The number of carbonyl (C=O) groups excluding carboxylic acids is 1. The van der Waals surface area contributed by atoms with Crippen molar-refractivity contribution >= 4 is 11.7 Å². The summed E-state index contributed by atoms with van der Waals surface area (Å²) in [5.74, 6) is 2.13. The molecular weight excluding hydrogens is 386 g/mol. The number of nitrogens with one attached hydrogen (secondary N) is 2. The molecule has 164 valence electrons. The lowest BCUT2D eigenvalue weighted by atomic mass is 10.2. The molecule has 0 saturated heterocycles. The number of urea groups is 1. The second kappa shape index (κ2) is 10.5. The average molecular weight is 418 g/mol. The molecule has 3 rings (SSSR count). The van der Waals surface area contributed by atoms with Crippen molar-refractivity contribution in [3.63, 3.8) is 0 Å². The molecule has 1 atom stereocenters. The van der Waals surface area contributed by atoms with E-state index in [1.54, 1.807) is 7.05 Å². The first-order valence-electron chi connectivity index (χ1n) is 10.3. The maximum absolute atomic E-state index is 12.4. The van der Waals surface area contributed by atoms with Crippen molar-refractivity contribution in [3.05, 3.63) is 30.1 Å². The van der Waals surface area contributed by atoms with E-state index >= 15 is 0 Å². The van der Waals surface area contributed by atoms with Crippen LogP contribution in [0.5, 0.6) is 0 Å². The molecule has 9 nitrogen and oxygen atoms in total. The summed E-state index contributed by atoms with van der Waals surface area (Å²) in [6, 6.07) is 7.05. The molecule has 3 N–H and O–H groups in total. The Morgan fingerprint density at radius 3 is 2.70 bits per heavy atom. The topological polar surface area (TPSA) is 113 Å². The summed E-state index contributed by atoms with van der Waals surface area (Å²) < 4.78 is 10.7. The van der Waals surface area contributed by atoms with E-state index in [0.717, 1.165) is 11.4 Å². The maximum atomic E-state index is 12.4. The number of H-pyrrole nitrogens is 1. The Bertz CT molecular complexity index is 804. The monoisotopic (exact) mass is 417 g/mol. The van der Waals surface area contributed by atoms with E-state index < -0.39 is 6.10 Å². The van der Waals surface area contributed by atoms with Crippen LogP contribution < -0.4 is 5.32 Å². The van der Waals surface area contributed by atoms with E-state index in [-0.39, 0.29) is 25.3 Å². The van der Waals surface area contributed by atoms with Gasteiger partial charge in [-0.25, -0.2) is 9.78 Å². The largest absolute Gasteiger partial charge is 0.389 e. The summed E-state index contributed by atoms with van der Waals surface area (Å²) >= 11 is 0. The Balaban J connectivity index is 1.40. The highest BCUT2D eigenvalue weighted by Gasteiger charge is 2.27. The normalized spacial score (nSPS) is 14.7. The fraction of sp³-hybridized carbons (Fsp3) is 0.571. The van der Waals surface area contributed by atoms with Crippen LogP contribution in [0.4, 0.5) is 10.5 Å². The van der Waals surface area contributed by atoms with Crippen LogP contribution >= 0.6 is 0 Å². The highest BCUT2D eigenvalue weighted by molar-refractivity contribution is 5.89. The van der Waals surface area contributed by atoms with Crippen molar-refractivity contribution < 1.29 is 19.4 Å². The van der Waals surface area contributed by atoms with Gasteiger partial charge in [0, 0.05) is 24.2 Å². The van der Waals surface area contributed by atoms with Crippen LogP contribution in [0, 0.1) is 0 Å². The second-order valence-corrected chi connectivity index (χ2v) is 7.85. The van der Waals surface area contributed by atoms with E-state index in [0.29, 0.717) is 30.6 Å². The average Bonchev–Trinajstić information content (AvgIpc) is 3.45. The Kier molecular flexibility index (Phi) is 7.78. The molecule has 9 heteroatoms. The highest BCUT2D eigenvalue weighted by Crippen LogP contribution is 2.38. The number of carbonyl (C=O) groups is 1. The van der Waals surface area contributed by atoms with Crippen molar-refractivity contribution in [2.45, 2.75) is 44.8 Å². The maximum Gasteiger partial charge on any atom is 0.321 e. The predicted octanol–water partition coefficient (Wildman–Crippen LogP) is 2.62. The molecule has 1 aliphatic carbocycles. The fourth-order valence-electron chi connectivity index (χ4n) is 2.88. The quantitative estimate of drug-likeness (QED) is 0.485. The number of amides is 2. The smallest absolute Gasteiger partial charge is 0.321 e. The number of aromatic amines is 1. The Labute approximate surface area is 176 Å². The van der Waals surface area contributed by atoms with Gasteiger partial charge in [0.15, 0.2) is 5.82 Å². The lowest BCUT2D eigenvalue weighted by molar-refractivity contribution is -0.0144. The summed E-state index contributed by atoms with van der Waals surface area (Å²) in [7, 11) is 1.63. The van der Waals surface area contributed by atoms with Gasteiger partial charge in [0.25, 0.3) is 0 Å². The van der Waals surface area contributed by atoms with Crippen LogP contribution in [0.25, 0.3) is 11.4 Å². The van der Waals surface area contributed by atoms with Gasteiger partial charge in [0.1, 0.15) is 5.82 Å². The summed E-state index contributed by atoms with van der Waals surface area (Å²) in [6.07, 6.45) is 1.72. The van der Waals surface area contributed by atoms with Crippen LogP contribution in [0.2, 0.25) is 0 Å². The number of aliphatic hydroxyl groups is 1. The van der Waals surface area contributed by atoms with Gasteiger partial charge in [-0.1, -0.05) is 0 Å². The molecule has 1 aliphatic rings. The van der Waals surface area contributed by atoms with Crippen LogP contribution in [0.3, 0.4) is 0 Å². The van der Waals surface area contributed by atoms with E-state index in [4.69, 9.17) is 9.47 Å². The lowest BCUT2D eigenvalue weighted by Crippen LogP contribution is -2.39. The van der Waals surface area contributed by atoms with Gasteiger partial charge >= 0.3 is 6.03 Å². The van der Waals surface area contributed by atoms with Gasteiger partial charge in [0.2, 0.25) is 0 Å². The van der Waals surface area contributed by atoms with Crippen LogP contribution in [-0.4, -0.2) is 76.8 Å². The van der Waals surface area contributed by atoms with E-state index in [1.807, 2.05) is 38.1 Å². The molecule has 1 aromatic carbocycles. The minimum Gasteiger partial charge on any atom is -0.389 e. The highest BCUT2D eigenvalue weighted by atomic mass is 16.5. The third kappa shape index (κ3) is 6.79. The first kappa shape index (κ1) is 22.2. The molecule has 0 bridgehead atoms. The van der Waals surface area contributed by atoms with Crippen molar-refractivity contribution in [2.24, 2.45) is 0 Å². The SMILES string of the molecule is CC(C)OCCOCC(O)CN(C)C(=O)Nc1ccc(-c2n[nH]c(C3CC3)n2)cc1. The zero-order valence-electron chi connectivity index (χ0n) is 17.8. The Hall–Kier alpha value is -2.49. The van der Waals surface area contributed by atoms with Gasteiger partial charge in [-0.15, -0.1) is 0 Å². The molecular formula is C21H31N5O4. The molecule has 1 fully saturated rings. The van der Waals surface area contributed by atoms with Crippen molar-refractivity contribution in [2.75, 3.05) is 38.7 Å². The number of anilines is 1. The van der Waals surface area contributed by atoms with Crippen molar-refractivity contribution in [3.8, 4) is 11.4 Å². The number of aromatic nitrogens is 3. The summed E-state index contributed by atoms with van der Waals surface area (Å²) in [5.41, 5.74) is 1.55. The molecule has 1 aromatic heterocycles. The summed E-state index contributed by atoms with van der Waals surface area (Å²) in [4.78, 5) is 18.3. The molecule has 30 heavy (non-hydrogen) atoms. The van der Waals surface area contributed by atoms with Gasteiger partial charge in [0.05, 0.1) is 38.6 Å². The number of hydrogen-bond acceptors (Lipinski definition) is 6. The first-order chi connectivity index (χ1) is 14.4. The fourth-order valence-corrected chi connectivity index (χ4v) is 2.88. The molecule has 0 aliphatic heterocycles. The van der Waals surface area contributed by atoms with Crippen LogP contribution in [0.15, 0.2) is 24.3 Å². The van der Waals surface area contributed by atoms with E-state index in [1.165, 1.54) is 17.7 Å². The number of aliphatic hydroxyl groups excluding tert-OH is 1. The standard InChI is InChI=1S/C21H31N5O4/c1-14(2)30-11-10-29-13-18(27)12-26(3)21(28)22-17-8-6-16(7-9-17)20-23-19(24-25-20)15-4-5-15/h6-9,14-15,18,27H,4-5,10-13H2,1-3H3,(H,22,28)(H,23,24,25). The van der Waals surface area contributed by atoms with Gasteiger partial charge < -0.3 is 24.8 Å². The van der Waals surface area contributed by atoms with Crippen LogP contribution in [0.1, 0.15) is 38.4 Å². The Morgan fingerprint density at radius 2 is 2.03 bits per heavy atom. The minimum atomic E-state index is -0.770. The number of hydrogen-bond donors (Lipinski definition) is 3. The second-order valence-electron chi connectivity index (χ2n) is 7.85. The molecule has 2 aromatic rings. The van der Waals surface area contributed by atoms with Gasteiger partial charge in [-0.2, -0.15) is 5.10 Å². The molecule has 1 unspecified atom stereocenters. The van der Waals surface area contributed by atoms with Gasteiger partial charge in [-0.05, 0) is 51.0 Å². The van der Waals surface area contributed by atoms with Gasteiger partial charge in [-0.3, -0.25) is 5.10 Å². The molecule has 1 heterocycles. The summed E-state index contributed by atoms with van der Waals surface area (Å²) in [5, 5.41) is 20.1.